The first-order chi connectivity index (χ1) is 14.2. The number of carbonyl (C=O) groups is 3. The van der Waals surface area contributed by atoms with Crippen LogP contribution in [0.25, 0.3) is 0 Å². The molecular weight excluding hydrogens is 384 g/mol. The summed E-state index contributed by atoms with van der Waals surface area (Å²) in [6.45, 7) is 7.11. The zero-order valence-corrected chi connectivity index (χ0v) is 17.9. The number of hydrogen-bond donors (Lipinski definition) is 2. The van der Waals surface area contributed by atoms with E-state index in [1.165, 1.54) is 14.0 Å². The van der Waals surface area contributed by atoms with Crippen LogP contribution in [0.4, 0.5) is 5.69 Å². The highest BCUT2D eigenvalue weighted by Gasteiger charge is 2.21. The molecule has 2 aromatic carbocycles. The molecule has 2 N–H and O–H groups in total. The van der Waals surface area contributed by atoms with Crippen LogP contribution in [-0.2, 0) is 14.3 Å². The first kappa shape index (κ1) is 22.9. The first-order valence-corrected chi connectivity index (χ1v) is 9.75. The summed E-state index contributed by atoms with van der Waals surface area (Å²) in [7, 11) is 1.46. The molecule has 0 aromatic heterocycles. The molecule has 0 radical (unpaired) electrons. The Hall–Kier alpha value is -3.35. The smallest absolute Gasteiger partial charge is 0.326 e. The molecule has 2 amide bonds. The van der Waals surface area contributed by atoms with Gasteiger partial charge in [-0.05, 0) is 43.0 Å². The van der Waals surface area contributed by atoms with E-state index in [1.807, 2.05) is 39.0 Å². The minimum absolute atomic E-state index is 0.225. The van der Waals surface area contributed by atoms with Gasteiger partial charge in [-0.1, -0.05) is 44.2 Å². The maximum atomic E-state index is 12.5. The van der Waals surface area contributed by atoms with Crippen LogP contribution in [-0.4, -0.2) is 37.5 Å². The van der Waals surface area contributed by atoms with Crippen LogP contribution in [0, 0.1) is 6.92 Å². The van der Waals surface area contributed by atoms with E-state index in [4.69, 9.17) is 9.47 Å². The van der Waals surface area contributed by atoms with Gasteiger partial charge in [0.15, 0.2) is 6.10 Å². The lowest BCUT2D eigenvalue weighted by molar-refractivity contribution is -0.152. The van der Waals surface area contributed by atoms with Crippen molar-refractivity contribution in [2.45, 2.75) is 39.7 Å². The zero-order chi connectivity index (χ0) is 22.3. The van der Waals surface area contributed by atoms with Crippen molar-refractivity contribution in [3.8, 4) is 5.75 Å². The van der Waals surface area contributed by atoms with Crippen molar-refractivity contribution in [2.75, 3.05) is 19.0 Å². The molecule has 0 saturated carbocycles. The van der Waals surface area contributed by atoms with Gasteiger partial charge in [-0.15, -0.1) is 0 Å². The number of esters is 1. The van der Waals surface area contributed by atoms with Crippen LogP contribution in [0.5, 0.6) is 5.75 Å². The van der Waals surface area contributed by atoms with Crippen molar-refractivity contribution in [3.63, 3.8) is 0 Å². The Labute approximate surface area is 176 Å². The van der Waals surface area contributed by atoms with Crippen molar-refractivity contribution in [1.29, 1.82) is 0 Å². The van der Waals surface area contributed by atoms with E-state index >= 15 is 0 Å². The third-order valence-electron chi connectivity index (χ3n) is 4.60. The molecule has 0 aliphatic carbocycles. The summed E-state index contributed by atoms with van der Waals surface area (Å²) in [5.74, 6) is -0.994. The average Bonchev–Trinajstić information content (AvgIpc) is 2.72. The largest absolute Gasteiger partial charge is 0.496 e. The quantitative estimate of drug-likeness (QED) is 0.648. The number of rotatable bonds is 8. The van der Waals surface area contributed by atoms with Gasteiger partial charge in [0, 0.05) is 5.69 Å². The third-order valence-corrected chi connectivity index (χ3v) is 4.60. The Morgan fingerprint density at radius 1 is 1.00 bits per heavy atom. The molecule has 0 aliphatic rings. The number of nitrogens with one attached hydrogen (secondary N) is 2. The molecule has 0 fully saturated rings. The van der Waals surface area contributed by atoms with E-state index in [2.05, 4.69) is 10.6 Å². The number of amides is 2. The monoisotopic (exact) mass is 412 g/mol. The highest BCUT2D eigenvalue weighted by molar-refractivity contribution is 5.99. The van der Waals surface area contributed by atoms with Crippen LogP contribution in [0.2, 0.25) is 0 Å². The number of para-hydroxylation sites is 2. The number of carbonyl (C=O) groups excluding carboxylic acids is 3. The van der Waals surface area contributed by atoms with E-state index in [9.17, 15) is 14.4 Å². The molecule has 2 rings (SSSR count). The molecular formula is C23H28N2O5. The topological polar surface area (TPSA) is 93.7 Å². The maximum Gasteiger partial charge on any atom is 0.326 e. The van der Waals surface area contributed by atoms with Crippen molar-refractivity contribution in [2.24, 2.45) is 0 Å². The van der Waals surface area contributed by atoms with E-state index < -0.39 is 23.9 Å². The second-order valence-corrected chi connectivity index (χ2v) is 7.20. The average molecular weight is 412 g/mol. The molecule has 7 heteroatoms. The molecule has 2 aromatic rings. The Morgan fingerprint density at radius 3 is 2.37 bits per heavy atom. The van der Waals surface area contributed by atoms with Gasteiger partial charge >= 0.3 is 5.97 Å². The summed E-state index contributed by atoms with van der Waals surface area (Å²) in [6, 6.07) is 12.5. The first-order valence-electron chi connectivity index (χ1n) is 9.75. The Bertz CT molecular complexity index is 924. The summed E-state index contributed by atoms with van der Waals surface area (Å²) in [5.41, 5.74) is 2.97. The Balaban J connectivity index is 1.93. The second-order valence-electron chi connectivity index (χ2n) is 7.20. The summed E-state index contributed by atoms with van der Waals surface area (Å²) in [5, 5.41) is 5.33. The van der Waals surface area contributed by atoms with Gasteiger partial charge in [0.2, 0.25) is 0 Å². The lowest BCUT2D eigenvalue weighted by Gasteiger charge is -2.19. The SMILES string of the molecule is COc1ccccc1C(=O)NCC(=O)O[C@@H](C)C(=O)Nc1c(C)cccc1C(C)C. The van der Waals surface area contributed by atoms with E-state index in [1.54, 1.807) is 24.3 Å². The molecule has 160 valence electrons. The van der Waals surface area contributed by atoms with Gasteiger partial charge in [-0.3, -0.25) is 14.4 Å². The molecule has 0 heterocycles. The molecule has 1 atom stereocenters. The normalized spacial score (nSPS) is 11.5. The number of aryl methyl sites for hydroxylation is 1. The molecule has 30 heavy (non-hydrogen) atoms. The number of benzene rings is 2. The summed E-state index contributed by atoms with van der Waals surface area (Å²) >= 11 is 0. The molecule has 0 bridgehead atoms. The van der Waals surface area contributed by atoms with Gasteiger partial charge in [-0.25, -0.2) is 0 Å². The van der Waals surface area contributed by atoms with E-state index in [-0.39, 0.29) is 12.5 Å². The standard InChI is InChI=1S/C23H28N2O5/c1-14(2)17-11-8-9-15(3)21(17)25-22(27)16(4)30-20(26)13-24-23(28)18-10-6-7-12-19(18)29-5/h6-12,14,16H,13H2,1-5H3,(H,24,28)(H,25,27)/t16-/m0/s1. The highest BCUT2D eigenvalue weighted by Crippen LogP contribution is 2.27. The molecule has 7 nitrogen and oxygen atoms in total. The van der Waals surface area contributed by atoms with Crippen molar-refractivity contribution in [1.82, 2.24) is 5.32 Å². The fourth-order valence-corrected chi connectivity index (χ4v) is 2.94. The van der Waals surface area contributed by atoms with Gasteiger partial charge in [0.25, 0.3) is 11.8 Å². The number of methoxy groups -OCH3 is 1. The van der Waals surface area contributed by atoms with Crippen molar-refractivity contribution in [3.05, 3.63) is 59.2 Å². The van der Waals surface area contributed by atoms with Crippen LogP contribution < -0.4 is 15.4 Å². The van der Waals surface area contributed by atoms with Gasteiger partial charge in [0.05, 0.1) is 12.7 Å². The van der Waals surface area contributed by atoms with Crippen LogP contribution in [0.3, 0.4) is 0 Å². The summed E-state index contributed by atoms with van der Waals surface area (Å²) in [6.07, 6.45) is -1.01. The number of hydrogen-bond acceptors (Lipinski definition) is 5. The van der Waals surface area contributed by atoms with Crippen LogP contribution in [0.1, 0.15) is 48.2 Å². The second kappa shape index (κ2) is 10.4. The van der Waals surface area contributed by atoms with Crippen LogP contribution >= 0.6 is 0 Å². The molecule has 0 unspecified atom stereocenters. The highest BCUT2D eigenvalue weighted by atomic mass is 16.5. The van der Waals surface area contributed by atoms with E-state index in [0.29, 0.717) is 11.3 Å². The fourth-order valence-electron chi connectivity index (χ4n) is 2.94. The predicted octanol–water partition coefficient (Wildman–Crippen LogP) is 3.43. The lowest BCUT2D eigenvalue weighted by atomic mass is 9.98. The van der Waals surface area contributed by atoms with Gasteiger partial charge < -0.3 is 20.1 Å². The number of ether oxygens (including phenoxy) is 2. The lowest BCUT2D eigenvalue weighted by Crippen LogP contribution is -2.36. The molecule has 0 aliphatic heterocycles. The summed E-state index contributed by atoms with van der Waals surface area (Å²) in [4.78, 5) is 36.9. The minimum Gasteiger partial charge on any atom is -0.496 e. The van der Waals surface area contributed by atoms with Crippen molar-refractivity contribution >= 4 is 23.5 Å². The minimum atomic E-state index is -1.01. The fraction of sp³-hybridized carbons (Fsp3) is 0.348. The van der Waals surface area contributed by atoms with Gasteiger partial charge in [-0.2, -0.15) is 0 Å². The maximum absolute atomic E-state index is 12.5. The zero-order valence-electron chi connectivity index (χ0n) is 17.9. The third kappa shape index (κ3) is 5.83. The molecule has 0 saturated heterocycles. The van der Waals surface area contributed by atoms with Crippen molar-refractivity contribution < 1.29 is 23.9 Å². The Morgan fingerprint density at radius 2 is 1.70 bits per heavy atom. The summed E-state index contributed by atoms with van der Waals surface area (Å²) < 4.78 is 10.3. The van der Waals surface area contributed by atoms with Gasteiger partial charge in [0.1, 0.15) is 12.3 Å². The van der Waals surface area contributed by atoms with E-state index in [0.717, 1.165) is 16.8 Å². The Kier molecular flexibility index (Phi) is 7.98. The number of anilines is 1. The predicted molar refractivity (Wildman–Crippen MR) is 115 cm³/mol. The van der Waals surface area contributed by atoms with Crippen LogP contribution in [0.15, 0.2) is 42.5 Å². The molecule has 0 spiro atoms.